The van der Waals surface area contributed by atoms with Gasteiger partial charge in [-0.3, -0.25) is 4.92 Å². The Hall–Kier alpha value is -2.03. The van der Waals surface area contributed by atoms with Crippen LogP contribution in [-0.4, -0.2) is 46.1 Å². The number of nitrogens with zero attached hydrogens (tertiary/aromatic N) is 2. The lowest BCUT2D eigenvalue weighted by Crippen LogP contribution is -2.55. The molecule has 8 heteroatoms. The minimum atomic E-state index is -1.06. The van der Waals surface area contributed by atoms with Crippen LogP contribution in [0.1, 0.15) is 12.0 Å². The predicted octanol–water partition coefficient (Wildman–Crippen LogP) is 0.284. The van der Waals surface area contributed by atoms with Gasteiger partial charge in [0.25, 0.3) is 0 Å². The van der Waals surface area contributed by atoms with E-state index in [1.165, 1.54) is 29.3 Å². The summed E-state index contributed by atoms with van der Waals surface area (Å²) in [6.07, 6.45) is 7.08. The Balaban J connectivity index is 1.65. The van der Waals surface area contributed by atoms with Crippen LogP contribution in [-0.2, 0) is 0 Å². The monoisotopic (exact) mass is 331 g/mol. The van der Waals surface area contributed by atoms with Crippen molar-refractivity contribution in [3.8, 4) is 0 Å². The lowest BCUT2D eigenvalue weighted by Gasteiger charge is -2.27. The van der Waals surface area contributed by atoms with E-state index in [1.807, 2.05) is 12.2 Å². The maximum Gasteiger partial charge on any atom is 0.473 e. The number of benzene rings is 1. The van der Waals surface area contributed by atoms with Gasteiger partial charge in [0.15, 0.2) is 5.11 Å². The Morgan fingerprint density at radius 3 is 3.09 bits per heavy atom. The van der Waals surface area contributed by atoms with Crippen LogP contribution in [0.4, 0.5) is 4.39 Å². The Bertz CT molecular complexity index is 723. The molecule has 0 saturated heterocycles. The van der Waals surface area contributed by atoms with Gasteiger partial charge in [-0.05, 0) is 47.4 Å². The fourth-order valence-corrected chi connectivity index (χ4v) is 2.64. The van der Waals surface area contributed by atoms with Gasteiger partial charge in [0.1, 0.15) is 5.82 Å². The van der Waals surface area contributed by atoms with Crippen LogP contribution in [0.2, 0.25) is 0 Å². The molecule has 23 heavy (non-hydrogen) atoms. The van der Waals surface area contributed by atoms with Gasteiger partial charge in [-0.25, -0.2) is 4.39 Å². The molecule has 3 N–H and O–H groups in total. The molecule has 0 fully saturated rings. The number of rotatable bonds is 2. The number of fused-ring (bicyclic) bond motifs is 1. The molecule has 2 aliphatic rings. The minimum Gasteiger partial charge on any atom is -0.427 e. The van der Waals surface area contributed by atoms with Gasteiger partial charge in [-0.15, -0.1) is 0 Å². The zero-order valence-electron chi connectivity index (χ0n) is 12.2. The molecule has 0 amide bonds. The summed E-state index contributed by atoms with van der Waals surface area (Å²) >= 11 is 5.26. The molecule has 0 radical (unpaired) electrons. The third-order valence-electron chi connectivity index (χ3n) is 3.69. The Morgan fingerprint density at radius 1 is 1.52 bits per heavy atom. The third kappa shape index (κ3) is 3.49. The number of hydrogen-bond acceptors (Lipinski definition) is 4. The zero-order chi connectivity index (χ0) is 16.4. The molecule has 1 heterocycles. The SMILES string of the molecule is OB1c2ccc(F)cc2C=NN1C(=S)NCC1=CCC(O)C=C1. The first-order valence-corrected chi connectivity index (χ1v) is 7.59. The van der Waals surface area contributed by atoms with Gasteiger partial charge >= 0.3 is 7.05 Å². The summed E-state index contributed by atoms with van der Waals surface area (Å²) in [5.74, 6) is -0.380. The van der Waals surface area contributed by atoms with Crippen molar-refractivity contribution in [2.75, 3.05) is 6.54 Å². The molecule has 0 aromatic heterocycles. The predicted molar refractivity (Wildman–Crippen MR) is 91.9 cm³/mol. The summed E-state index contributed by atoms with van der Waals surface area (Å²) in [6.45, 7) is 0.469. The number of hydrazone groups is 1. The van der Waals surface area contributed by atoms with Crippen LogP contribution >= 0.6 is 12.2 Å². The molecule has 1 aliphatic heterocycles. The van der Waals surface area contributed by atoms with Crippen molar-refractivity contribution in [1.82, 2.24) is 10.2 Å². The highest BCUT2D eigenvalue weighted by molar-refractivity contribution is 7.80. The van der Waals surface area contributed by atoms with E-state index in [1.54, 1.807) is 6.08 Å². The second-order valence-electron chi connectivity index (χ2n) is 5.34. The molecule has 0 saturated carbocycles. The molecule has 1 aromatic rings. The van der Waals surface area contributed by atoms with E-state index in [2.05, 4.69) is 10.4 Å². The maximum absolute atomic E-state index is 13.2. The zero-order valence-corrected chi connectivity index (χ0v) is 13.0. The third-order valence-corrected chi connectivity index (χ3v) is 4.02. The van der Waals surface area contributed by atoms with Crippen LogP contribution in [0.5, 0.6) is 0 Å². The number of hydrogen-bond donors (Lipinski definition) is 3. The summed E-state index contributed by atoms with van der Waals surface area (Å²) < 4.78 is 13.2. The average molecular weight is 331 g/mol. The highest BCUT2D eigenvalue weighted by Gasteiger charge is 2.31. The van der Waals surface area contributed by atoms with Gasteiger partial charge in [0, 0.05) is 6.54 Å². The van der Waals surface area contributed by atoms with Crippen molar-refractivity contribution < 1.29 is 14.5 Å². The number of aliphatic hydroxyl groups is 1. The van der Waals surface area contributed by atoms with E-state index in [0.29, 0.717) is 24.0 Å². The highest BCUT2D eigenvalue weighted by atomic mass is 32.1. The lowest BCUT2D eigenvalue weighted by molar-refractivity contribution is 0.225. The average Bonchev–Trinajstić information content (AvgIpc) is 2.54. The molecule has 3 rings (SSSR count). The summed E-state index contributed by atoms with van der Waals surface area (Å²) in [6, 6.07) is 4.13. The van der Waals surface area contributed by atoms with Crippen LogP contribution in [0.15, 0.2) is 47.1 Å². The molecule has 1 atom stereocenters. The quantitative estimate of drug-likeness (QED) is 0.537. The molecule has 1 unspecified atom stereocenters. The summed E-state index contributed by atoms with van der Waals surface area (Å²) in [7, 11) is -1.06. The van der Waals surface area contributed by atoms with Crippen molar-refractivity contribution in [3.05, 3.63) is 53.4 Å². The minimum absolute atomic E-state index is 0.268. The molecule has 5 nitrogen and oxygen atoms in total. The summed E-state index contributed by atoms with van der Waals surface area (Å²) in [4.78, 5) is 1.28. The van der Waals surface area contributed by atoms with Crippen LogP contribution < -0.4 is 10.8 Å². The molecule has 0 spiro atoms. The number of aliphatic hydroxyl groups excluding tert-OH is 1. The standard InChI is InChI=1S/C15H15BFN3O2S/c17-12-3-6-14-11(7-12)9-19-20(16(14)22)15(23)18-8-10-1-4-13(21)5-2-10/h1-4,6-7,9,13,21-22H,5,8H2,(H,18,23). The van der Waals surface area contributed by atoms with E-state index in [9.17, 15) is 14.5 Å². The number of halogens is 1. The highest BCUT2D eigenvalue weighted by Crippen LogP contribution is 2.11. The fourth-order valence-electron chi connectivity index (χ4n) is 2.42. The van der Waals surface area contributed by atoms with Crippen molar-refractivity contribution in [1.29, 1.82) is 0 Å². The van der Waals surface area contributed by atoms with Crippen LogP contribution in [0, 0.1) is 5.82 Å². The maximum atomic E-state index is 13.2. The van der Waals surface area contributed by atoms with Crippen molar-refractivity contribution >= 4 is 36.1 Å². The van der Waals surface area contributed by atoms with Crippen molar-refractivity contribution in [2.45, 2.75) is 12.5 Å². The largest absolute Gasteiger partial charge is 0.473 e. The van der Waals surface area contributed by atoms with E-state index >= 15 is 0 Å². The first-order valence-electron chi connectivity index (χ1n) is 7.18. The number of nitrogens with one attached hydrogen (secondary N) is 1. The summed E-state index contributed by atoms with van der Waals surface area (Å²) in [5.41, 5.74) is 2.07. The smallest absolute Gasteiger partial charge is 0.427 e. The molecule has 1 aliphatic carbocycles. The molecular weight excluding hydrogens is 316 g/mol. The van der Waals surface area contributed by atoms with Crippen LogP contribution in [0.25, 0.3) is 0 Å². The first kappa shape index (κ1) is 15.9. The Kier molecular flexibility index (Phi) is 4.56. The second-order valence-corrected chi connectivity index (χ2v) is 5.72. The Labute approximate surface area is 138 Å². The summed E-state index contributed by atoms with van der Waals surface area (Å²) in [5, 5.41) is 27.1. The van der Waals surface area contributed by atoms with Gasteiger partial charge < -0.3 is 15.4 Å². The molecule has 0 bridgehead atoms. The fraction of sp³-hybridized carbons (Fsp3) is 0.200. The van der Waals surface area contributed by atoms with E-state index in [0.717, 1.165) is 5.57 Å². The van der Waals surface area contributed by atoms with E-state index in [-0.39, 0.29) is 10.9 Å². The molecule has 1 aromatic carbocycles. The molecule has 118 valence electrons. The Morgan fingerprint density at radius 2 is 2.35 bits per heavy atom. The lowest BCUT2D eigenvalue weighted by atomic mass is 9.70. The van der Waals surface area contributed by atoms with E-state index in [4.69, 9.17) is 12.2 Å². The topological polar surface area (TPSA) is 68.1 Å². The van der Waals surface area contributed by atoms with Gasteiger partial charge in [0.05, 0.1) is 12.3 Å². The van der Waals surface area contributed by atoms with Gasteiger partial charge in [0.2, 0.25) is 0 Å². The van der Waals surface area contributed by atoms with Crippen molar-refractivity contribution in [3.63, 3.8) is 0 Å². The normalized spacial score (nSPS) is 19.4. The van der Waals surface area contributed by atoms with Crippen molar-refractivity contribution in [2.24, 2.45) is 5.10 Å². The van der Waals surface area contributed by atoms with Gasteiger partial charge in [-0.1, -0.05) is 24.3 Å². The number of thiocarbonyl (C=S) groups is 1. The van der Waals surface area contributed by atoms with E-state index < -0.39 is 13.2 Å². The molecular formula is C15H15BFN3O2S. The second kappa shape index (κ2) is 6.61. The first-order chi connectivity index (χ1) is 11.0. The van der Waals surface area contributed by atoms with Gasteiger partial charge in [-0.2, -0.15) is 5.10 Å². The van der Waals surface area contributed by atoms with Crippen LogP contribution in [0.3, 0.4) is 0 Å².